The van der Waals surface area contributed by atoms with Crippen molar-refractivity contribution in [1.29, 1.82) is 0 Å². The first-order valence-electron chi connectivity index (χ1n) is 10.0. The molecule has 0 aliphatic rings. The Morgan fingerprint density at radius 3 is 2.55 bits per heavy atom. The summed E-state index contributed by atoms with van der Waals surface area (Å²) in [6.45, 7) is 6.61. The second-order valence-corrected chi connectivity index (χ2v) is 7.40. The summed E-state index contributed by atoms with van der Waals surface area (Å²) >= 11 is 0. The maximum atomic E-state index is 12.8. The number of aryl methyl sites for hydroxylation is 3. The first-order valence-corrected chi connectivity index (χ1v) is 10.0. The lowest BCUT2D eigenvalue weighted by molar-refractivity contribution is 0.101. The van der Waals surface area contributed by atoms with Gasteiger partial charge >= 0.3 is 0 Å². The van der Waals surface area contributed by atoms with Gasteiger partial charge in [-0.05, 0) is 43.5 Å². The highest BCUT2D eigenvalue weighted by Crippen LogP contribution is 2.21. The standard InChI is InChI=1S/C24H24N4O3/c1-16-8-4-6-10-19(16)14-28-13-12-22(26-28)25-24(29)23-20(18(3)31-27-23)15-30-21-11-7-5-9-17(21)2/h4-13H,14-15H2,1-3H3,(H,25,26,29). The van der Waals surface area contributed by atoms with Gasteiger partial charge in [0.1, 0.15) is 18.1 Å². The molecule has 0 spiro atoms. The van der Waals surface area contributed by atoms with Crippen molar-refractivity contribution in [3.63, 3.8) is 0 Å². The third kappa shape index (κ3) is 4.66. The van der Waals surface area contributed by atoms with Crippen LogP contribution in [-0.2, 0) is 13.2 Å². The summed E-state index contributed by atoms with van der Waals surface area (Å²) in [5.41, 5.74) is 4.19. The minimum absolute atomic E-state index is 0.185. The van der Waals surface area contributed by atoms with Crippen molar-refractivity contribution < 1.29 is 14.1 Å². The molecule has 0 radical (unpaired) electrons. The summed E-state index contributed by atoms with van der Waals surface area (Å²) in [7, 11) is 0. The zero-order valence-corrected chi connectivity index (χ0v) is 17.8. The number of hydrogen-bond donors (Lipinski definition) is 1. The molecule has 2 aromatic carbocycles. The van der Waals surface area contributed by atoms with E-state index in [-0.39, 0.29) is 18.2 Å². The van der Waals surface area contributed by atoms with Crippen molar-refractivity contribution in [3.05, 3.63) is 94.5 Å². The van der Waals surface area contributed by atoms with Crippen molar-refractivity contribution in [2.24, 2.45) is 0 Å². The SMILES string of the molecule is Cc1ccccc1Cn1ccc(NC(=O)c2noc(C)c2COc2ccccc2C)n1. The summed E-state index contributed by atoms with van der Waals surface area (Å²) in [5, 5.41) is 11.2. The quantitative estimate of drug-likeness (QED) is 0.473. The molecule has 0 fully saturated rings. The second kappa shape index (κ2) is 8.87. The van der Waals surface area contributed by atoms with Crippen LogP contribution in [0.4, 0.5) is 5.82 Å². The van der Waals surface area contributed by atoms with Crippen molar-refractivity contribution in [2.75, 3.05) is 5.32 Å². The summed E-state index contributed by atoms with van der Waals surface area (Å²) in [4.78, 5) is 12.8. The van der Waals surface area contributed by atoms with E-state index in [1.807, 2.05) is 49.5 Å². The minimum Gasteiger partial charge on any atom is -0.488 e. The van der Waals surface area contributed by atoms with Crippen LogP contribution < -0.4 is 10.1 Å². The average molecular weight is 416 g/mol. The van der Waals surface area contributed by atoms with Gasteiger partial charge in [-0.2, -0.15) is 5.10 Å². The Hall–Kier alpha value is -3.87. The Kier molecular flexibility index (Phi) is 5.84. The molecule has 7 heteroatoms. The molecule has 0 saturated carbocycles. The highest BCUT2D eigenvalue weighted by molar-refractivity contribution is 6.03. The van der Waals surface area contributed by atoms with E-state index in [1.54, 1.807) is 17.7 Å². The molecule has 31 heavy (non-hydrogen) atoms. The molecule has 0 atom stereocenters. The molecule has 2 heterocycles. The van der Waals surface area contributed by atoms with Crippen molar-refractivity contribution in [2.45, 2.75) is 33.9 Å². The van der Waals surface area contributed by atoms with Crippen LogP contribution >= 0.6 is 0 Å². The third-order valence-corrected chi connectivity index (χ3v) is 5.14. The van der Waals surface area contributed by atoms with Gasteiger partial charge in [-0.3, -0.25) is 9.48 Å². The number of para-hydroxylation sites is 1. The summed E-state index contributed by atoms with van der Waals surface area (Å²) in [5.74, 6) is 1.36. The third-order valence-electron chi connectivity index (χ3n) is 5.14. The normalized spacial score (nSPS) is 10.8. The molecule has 0 aliphatic carbocycles. The van der Waals surface area contributed by atoms with Gasteiger partial charge < -0.3 is 14.6 Å². The van der Waals surface area contributed by atoms with E-state index in [0.29, 0.717) is 23.7 Å². The molecule has 2 aromatic heterocycles. The first kappa shape index (κ1) is 20.4. The number of rotatable bonds is 7. The van der Waals surface area contributed by atoms with Gasteiger partial charge in [0.05, 0.1) is 12.1 Å². The molecule has 0 bridgehead atoms. The fourth-order valence-corrected chi connectivity index (χ4v) is 3.26. The van der Waals surface area contributed by atoms with Crippen molar-refractivity contribution >= 4 is 11.7 Å². The molecular weight excluding hydrogens is 392 g/mol. The summed E-state index contributed by atoms with van der Waals surface area (Å²) in [6, 6.07) is 17.6. The Morgan fingerprint density at radius 2 is 1.77 bits per heavy atom. The van der Waals surface area contributed by atoms with Crippen LogP contribution in [0.5, 0.6) is 5.75 Å². The van der Waals surface area contributed by atoms with Gasteiger partial charge in [0.2, 0.25) is 0 Å². The zero-order valence-electron chi connectivity index (χ0n) is 17.8. The molecule has 4 rings (SSSR count). The minimum atomic E-state index is -0.388. The number of nitrogens with zero attached hydrogens (tertiary/aromatic N) is 3. The molecule has 0 aliphatic heterocycles. The smallest absolute Gasteiger partial charge is 0.279 e. The topological polar surface area (TPSA) is 82.2 Å². The van der Waals surface area contributed by atoms with E-state index < -0.39 is 0 Å². The lowest BCUT2D eigenvalue weighted by Gasteiger charge is -2.09. The first-order chi connectivity index (χ1) is 15.0. The van der Waals surface area contributed by atoms with Crippen molar-refractivity contribution in [1.82, 2.24) is 14.9 Å². The van der Waals surface area contributed by atoms with E-state index in [1.165, 1.54) is 11.1 Å². The molecule has 7 nitrogen and oxygen atoms in total. The largest absolute Gasteiger partial charge is 0.488 e. The summed E-state index contributed by atoms with van der Waals surface area (Å²) < 4.78 is 12.9. The number of carbonyl (C=O) groups is 1. The van der Waals surface area contributed by atoms with Gasteiger partial charge in [0.25, 0.3) is 5.91 Å². The maximum absolute atomic E-state index is 12.8. The highest BCUT2D eigenvalue weighted by atomic mass is 16.5. The molecule has 1 N–H and O–H groups in total. The second-order valence-electron chi connectivity index (χ2n) is 7.40. The molecule has 158 valence electrons. The van der Waals surface area contributed by atoms with Crippen molar-refractivity contribution in [3.8, 4) is 5.75 Å². The zero-order chi connectivity index (χ0) is 21.8. The van der Waals surface area contributed by atoms with Crippen LogP contribution in [-0.4, -0.2) is 20.8 Å². The van der Waals surface area contributed by atoms with Crippen LogP contribution in [0, 0.1) is 20.8 Å². The highest BCUT2D eigenvalue weighted by Gasteiger charge is 2.21. The van der Waals surface area contributed by atoms with E-state index >= 15 is 0 Å². The molecule has 1 amide bonds. The predicted octanol–water partition coefficient (Wildman–Crippen LogP) is 4.68. The number of ether oxygens (including phenoxy) is 1. The monoisotopic (exact) mass is 416 g/mol. The number of anilines is 1. The molecule has 0 unspecified atom stereocenters. The van der Waals surface area contributed by atoms with Crippen LogP contribution in [0.15, 0.2) is 65.3 Å². The van der Waals surface area contributed by atoms with Gasteiger partial charge in [-0.1, -0.05) is 47.6 Å². The molecule has 0 saturated heterocycles. The van der Waals surface area contributed by atoms with Crippen LogP contribution in [0.1, 0.15) is 38.5 Å². The molecule has 4 aromatic rings. The Bertz CT molecular complexity index is 1210. The van der Waals surface area contributed by atoms with Gasteiger partial charge in [0.15, 0.2) is 11.5 Å². The number of nitrogens with one attached hydrogen (secondary N) is 1. The molecular formula is C24H24N4O3. The number of amides is 1. The maximum Gasteiger partial charge on any atom is 0.279 e. The Labute approximate surface area is 180 Å². The van der Waals surface area contributed by atoms with E-state index in [2.05, 4.69) is 34.6 Å². The average Bonchev–Trinajstić information content (AvgIpc) is 3.35. The summed E-state index contributed by atoms with van der Waals surface area (Å²) in [6.07, 6.45) is 1.83. The predicted molar refractivity (Wildman–Crippen MR) is 117 cm³/mol. The van der Waals surface area contributed by atoms with E-state index in [9.17, 15) is 4.79 Å². The number of benzene rings is 2. The van der Waals surface area contributed by atoms with Crippen LogP contribution in [0.2, 0.25) is 0 Å². The van der Waals surface area contributed by atoms with Crippen LogP contribution in [0.25, 0.3) is 0 Å². The van der Waals surface area contributed by atoms with E-state index in [4.69, 9.17) is 9.26 Å². The van der Waals surface area contributed by atoms with E-state index in [0.717, 1.165) is 11.3 Å². The van der Waals surface area contributed by atoms with Gasteiger partial charge in [-0.25, -0.2) is 0 Å². The number of hydrogen-bond acceptors (Lipinski definition) is 5. The Morgan fingerprint density at radius 1 is 1.03 bits per heavy atom. The lowest BCUT2D eigenvalue weighted by atomic mass is 10.1. The fourth-order valence-electron chi connectivity index (χ4n) is 3.26. The number of aromatic nitrogens is 3. The van der Waals surface area contributed by atoms with Gasteiger partial charge in [-0.15, -0.1) is 0 Å². The fraction of sp³-hybridized carbons (Fsp3) is 0.208. The van der Waals surface area contributed by atoms with Crippen LogP contribution in [0.3, 0.4) is 0 Å². The number of carbonyl (C=O) groups excluding carboxylic acids is 1. The van der Waals surface area contributed by atoms with Gasteiger partial charge in [0, 0.05) is 12.3 Å². The Balaban J connectivity index is 1.44. The lowest BCUT2D eigenvalue weighted by Crippen LogP contribution is -2.16.